The molecule has 1 aromatic carbocycles. The number of alkyl halides is 6. The number of halogens is 6. The number of benzene rings is 1. The van der Waals surface area contributed by atoms with Gasteiger partial charge in [-0.15, -0.1) is 0 Å². The van der Waals surface area contributed by atoms with Crippen LogP contribution in [0, 0.1) is 35.5 Å². The third kappa shape index (κ3) is 9.44. The van der Waals surface area contributed by atoms with Gasteiger partial charge in [-0.2, -0.15) is 22.0 Å². The van der Waals surface area contributed by atoms with Crippen LogP contribution in [-0.4, -0.2) is 12.8 Å². The van der Waals surface area contributed by atoms with Crippen LogP contribution in [0.5, 0.6) is 5.75 Å². The van der Waals surface area contributed by atoms with Crippen LogP contribution in [0.25, 0.3) is 0 Å². The summed E-state index contributed by atoms with van der Waals surface area (Å²) in [6.45, 7) is -0.176. The lowest BCUT2D eigenvalue weighted by atomic mass is 9.74. The van der Waals surface area contributed by atoms with E-state index in [1.54, 1.807) is 0 Å². The smallest absolute Gasteiger partial charge is 0.416 e. The Kier molecular flexibility index (Phi) is 11.3. The van der Waals surface area contributed by atoms with Crippen LogP contribution in [0.3, 0.4) is 0 Å². The summed E-state index contributed by atoms with van der Waals surface area (Å²) in [6, 6.07) is 3.46. The predicted molar refractivity (Wildman–Crippen MR) is 147 cm³/mol. The number of hydrogen-bond donors (Lipinski definition) is 0. The highest BCUT2D eigenvalue weighted by molar-refractivity contribution is 5.29. The van der Waals surface area contributed by atoms with E-state index in [0.29, 0.717) is 37.5 Å². The maximum Gasteiger partial charge on any atom is 0.416 e. The van der Waals surface area contributed by atoms with Gasteiger partial charge in [0.15, 0.2) is 0 Å². The Hall–Kier alpha value is -1.66. The van der Waals surface area contributed by atoms with E-state index in [1.165, 1.54) is 64.2 Å². The number of hydrogen-bond acceptors (Lipinski definition) is 1. The quantitative estimate of drug-likeness (QED) is 0.189. The molecular weight excluding hydrogens is 526 g/mol. The molecule has 40 heavy (non-hydrogen) atoms. The first kappa shape index (κ1) is 31.3. The van der Waals surface area contributed by atoms with Crippen molar-refractivity contribution in [1.82, 2.24) is 0 Å². The second-order valence-electron chi connectivity index (χ2n) is 12.8. The molecule has 1 nitrogen and oxygen atoms in total. The van der Waals surface area contributed by atoms with Crippen LogP contribution in [0.15, 0.2) is 36.4 Å². The molecule has 0 spiro atoms. The highest BCUT2D eigenvalue weighted by atomic mass is 19.4. The largest absolute Gasteiger partial charge is 0.432 e. The van der Waals surface area contributed by atoms with Gasteiger partial charge in [-0.25, -0.2) is 0 Å². The van der Waals surface area contributed by atoms with Gasteiger partial charge in [-0.05, 0) is 118 Å². The van der Waals surface area contributed by atoms with Crippen molar-refractivity contribution in [1.29, 1.82) is 0 Å². The van der Waals surface area contributed by atoms with Crippen LogP contribution < -0.4 is 4.74 Å². The summed E-state index contributed by atoms with van der Waals surface area (Å²) in [5.41, 5.74) is -0.885. The Balaban J connectivity index is 1.11. The minimum absolute atomic E-state index is 0.176. The average molecular weight is 573 g/mol. The molecule has 0 amide bonds. The van der Waals surface area contributed by atoms with Gasteiger partial charge >= 0.3 is 12.3 Å². The standard InChI is InChI=1S/C33H46F6O/c34-23-1-2-24-3-5-25(6-4-24)7-8-26-9-11-27(12-10-26)13-14-28-15-17-30(18-16-28)33(38,39)40-31-21-19-29(20-22-31)32(35,36)37/h13-14,19-22,24-28,30H,1-12,15-18,23H2/b14-13+. The van der Waals surface area contributed by atoms with Crippen molar-refractivity contribution in [2.75, 3.05) is 6.67 Å². The van der Waals surface area contributed by atoms with Gasteiger partial charge in [0, 0.05) is 0 Å². The summed E-state index contributed by atoms with van der Waals surface area (Å²) in [5.74, 6) is 2.16. The summed E-state index contributed by atoms with van der Waals surface area (Å²) in [5, 5.41) is 0. The van der Waals surface area contributed by atoms with Crippen LogP contribution in [0.1, 0.15) is 108 Å². The van der Waals surface area contributed by atoms with Gasteiger partial charge in [0.25, 0.3) is 0 Å². The Bertz CT molecular complexity index is 887. The SMILES string of the molecule is FCCCC1CCC(CCC2CCC(/C=C/C3CCC(C(F)(F)Oc4ccc(C(F)(F)F)cc4)CC3)CC2)CC1. The minimum Gasteiger partial charge on any atom is -0.432 e. The zero-order valence-corrected chi connectivity index (χ0v) is 23.6. The average Bonchev–Trinajstić information content (AvgIpc) is 2.95. The molecule has 0 saturated heterocycles. The van der Waals surface area contributed by atoms with Gasteiger partial charge < -0.3 is 4.74 Å². The molecule has 4 rings (SSSR count). The van der Waals surface area contributed by atoms with Crippen molar-refractivity contribution in [3.05, 3.63) is 42.0 Å². The molecule has 0 unspecified atom stereocenters. The topological polar surface area (TPSA) is 9.23 Å². The molecule has 0 aliphatic heterocycles. The first-order valence-electron chi connectivity index (χ1n) is 15.6. The second-order valence-corrected chi connectivity index (χ2v) is 12.8. The molecule has 0 atom stereocenters. The Labute approximate surface area is 236 Å². The molecule has 3 fully saturated rings. The van der Waals surface area contributed by atoms with Crippen molar-refractivity contribution in [2.24, 2.45) is 35.5 Å². The highest BCUT2D eigenvalue weighted by Gasteiger charge is 2.44. The Morgan fingerprint density at radius 2 is 1.07 bits per heavy atom. The lowest BCUT2D eigenvalue weighted by Crippen LogP contribution is -2.37. The van der Waals surface area contributed by atoms with Crippen molar-refractivity contribution >= 4 is 0 Å². The Morgan fingerprint density at radius 3 is 1.55 bits per heavy atom. The van der Waals surface area contributed by atoms with E-state index in [9.17, 15) is 26.3 Å². The van der Waals surface area contributed by atoms with E-state index < -0.39 is 23.8 Å². The third-order valence-electron chi connectivity index (χ3n) is 9.93. The zero-order valence-electron chi connectivity index (χ0n) is 23.6. The molecule has 0 bridgehead atoms. The van der Waals surface area contributed by atoms with Crippen molar-refractivity contribution in [2.45, 2.75) is 115 Å². The second kappa shape index (κ2) is 14.5. The van der Waals surface area contributed by atoms with E-state index >= 15 is 0 Å². The molecule has 0 N–H and O–H groups in total. The summed E-state index contributed by atoms with van der Waals surface area (Å²) in [7, 11) is 0. The fourth-order valence-electron chi connectivity index (χ4n) is 7.23. The van der Waals surface area contributed by atoms with Gasteiger partial charge in [-0.1, -0.05) is 50.7 Å². The van der Waals surface area contributed by atoms with Crippen LogP contribution in [0.4, 0.5) is 26.3 Å². The van der Waals surface area contributed by atoms with E-state index in [0.717, 1.165) is 54.9 Å². The molecular formula is C33H46F6O. The molecule has 3 saturated carbocycles. The molecule has 0 heterocycles. The van der Waals surface area contributed by atoms with Crippen molar-refractivity contribution in [3.8, 4) is 5.75 Å². The van der Waals surface area contributed by atoms with E-state index in [-0.39, 0.29) is 12.4 Å². The molecule has 7 heteroatoms. The first-order chi connectivity index (χ1) is 19.1. The molecule has 3 aliphatic rings. The summed E-state index contributed by atoms with van der Waals surface area (Å²) in [6.07, 6.45) is 13.4. The summed E-state index contributed by atoms with van der Waals surface area (Å²) >= 11 is 0. The van der Waals surface area contributed by atoms with Crippen LogP contribution >= 0.6 is 0 Å². The molecule has 3 aliphatic carbocycles. The van der Waals surface area contributed by atoms with E-state index in [4.69, 9.17) is 4.74 Å². The highest BCUT2D eigenvalue weighted by Crippen LogP contribution is 2.42. The summed E-state index contributed by atoms with van der Waals surface area (Å²) in [4.78, 5) is 0. The summed E-state index contributed by atoms with van der Waals surface area (Å²) < 4.78 is 84.9. The number of allylic oxidation sites excluding steroid dienone is 2. The van der Waals surface area contributed by atoms with E-state index in [2.05, 4.69) is 12.2 Å². The monoisotopic (exact) mass is 572 g/mol. The van der Waals surface area contributed by atoms with Crippen LogP contribution in [-0.2, 0) is 6.18 Å². The Morgan fingerprint density at radius 1 is 0.625 bits per heavy atom. The normalized spacial score (nSPS) is 30.4. The van der Waals surface area contributed by atoms with Gasteiger partial charge in [-0.3, -0.25) is 4.39 Å². The molecule has 0 aromatic heterocycles. The maximum absolute atomic E-state index is 14.7. The van der Waals surface area contributed by atoms with Crippen molar-refractivity contribution < 1.29 is 31.1 Å². The minimum atomic E-state index is -4.51. The zero-order chi connectivity index (χ0) is 28.6. The predicted octanol–water partition coefficient (Wildman–Crippen LogP) is 11.2. The number of rotatable bonds is 11. The molecule has 1 aromatic rings. The van der Waals surface area contributed by atoms with Gasteiger partial charge in [0.1, 0.15) is 5.75 Å². The third-order valence-corrected chi connectivity index (χ3v) is 9.93. The van der Waals surface area contributed by atoms with Crippen LogP contribution in [0.2, 0.25) is 0 Å². The van der Waals surface area contributed by atoms with E-state index in [1.807, 2.05) is 0 Å². The van der Waals surface area contributed by atoms with Gasteiger partial charge in [0.2, 0.25) is 0 Å². The number of ether oxygens (including phenoxy) is 1. The fourth-order valence-corrected chi connectivity index (χ4v) is 7.23. The maximum atomic E-state index is 14.7. The van der Waals surface area contributed by atoms with Crippen molar-refractivity contribution in [3.63, 3.8) is 0 Å². The molecule has 0 radical (unpaired) electrons. The lowest BCUT2D eigenvalue weighted by Gasteiger charge is -2.33. The lowest BCUT2D eigenvalue weighted by molar-refractivity contribution is -0.223. The van der Waals surface area contributed by atoms with Gasteiger partial charge in [0.05, 0.1) is 18.2 Å². The fraction of sp³-hybridized carbons (Fsp3) is 0.758. The first-order valence-corrected chi connectivity index (χ1v) is 15.6. The molecule has 226 valence electrons.